The molecule has 0 amide bonds. The highest BCUT2D eigenvalue weighted by Crippen LogP contribution is 2.13. The van der Waals surface area contributed by atoms with Gasteiger partial charge in [-0.1, -0.05) is 0 Å². The average molecular weight is 177 g/mol. The maximum absolute atomic E-state index is 10.3. The molecule has 0 spiro atoms. The number of aromatic nitrogens is 3. The fourth-order valence-corrected chi connectivity index (χ4v) is 0.998. The number of hydrogen-bond acceptors (Lipinski definition) is 4. The molecule has 0 fully saturated rings. The maximum Gasteiger partial charge on any atom is 0.191 e. The second-order valence-corrected chi connectivity index (χ2v) is 2.56. The molecular formula is C8H7N3O2. The summed E-state index contributed by atoms with van der Waals surface area (Å²) in [5, 5.41) is 0. The van der Waals surface area contributed by atoms with Gasteiger partial charge in [0.2, 0.25) is 0 Å². The number of carbonyl (C=O) groups is 1. The van der Waals surface area contributed by atoms with E-state index >= 15 is 0 Å². The molecule has 0 saturated heterocycles. The van der Waals surface area contributed by atoms with Crippen LogP contribution < -0.4 is 0 Å². The first-order chi connectivity index (χ1) is 6.29. The molecule has 0 atom stereocenters. The van der Waals surface area contributed by atoms with Crippen LogP contribution in [0.1, 0.15) is 16.4 Å². The second-order valence-electron chi connectivity index (χ2n) is 2.56. The van der Waals surface area contributed by atoms with Crippen molar-refractivity contribution >= 4 is 6.29 Å². The van der Waals surface area contributed by atoms with Crippen molar-refractivity contribution in [3.8, 4) is 11.5 Å². The molecular weight excluding hydrogens is 170 g/mol. The maximum atomic E-state index is 10.3. The summed E-state index contributed by atoms with van der Waals surface area (Å²) < 4.78 is 5.00. The molecule has 2 rings (SSSR count). The Balaban J connectivity index is 2.40. The number of aldehydes is 1. The van der Waals surface area contributed by atoms with Crippen LogP contribution in [0.4, 0.5) is 0 Å². The minimum absolute atomic E-state index is 0.427. The minimum Gasteiger partial charge on any atom is -0.449 e. The van der Waals surface area contributed by atoms with Crippen LogP contribution in [0.15, 0.2) is 16.9 Å². The van der Waals surface area contributed by atoms with Crippen LogP contribution in [0.2, 0.25) is 0 Å². The number of nitrogens with one attached hydrogen (secondary N) is 1. The number of aryl methyl sites for hydroxylation is 1. The van der Waals surface area contributed by atoms with Crippen molar-refractivity contribution in [1.29, 1.82) is 0 Å². The molecule has 0 aliphatic carbocycles. The third-order valence-electron chi connectivity index (χ3n) is 1.58. The molecule has 2 heterocycles. The topological polar surface area (TPSA) is 71.8 Å². The van der Waals surface area contributed by atoms with E-state index in [9.17, 15) is 4.79 Å². The van der Waals surface area contributed by atoms with E-state index in [0.717, 1.165) is 0 Å². The lowest BCUT2D eigenvalue weighted by Crippen LogP contribution is -1.81. The summed E-state index contributed by atoms with van der Waals surface area (Å²) >= 11 is 0. The standard InChI is InChI=1S/C8H7N3O2/c1-5-10-7(4-13-5)8-9-2-6(3-12)11-8/h2-4H,1H3,(H,9,11). The van der Waals surface area contributed by atoms with Crippen molar-refractivity contribution in [1.82, 2.24) is 15.0 Å². The Labute approximate surface area is 73.8 Å². The van der Waals surface area contributed by atoms with Crippen molar-refractivity contribution in [3.63, 3.8) is 0 Å². The van der Waals surface area contributed by atoms with E-state index in [2.05, 4.69) is 15.0 Å². The highest BCUT2D eigenvalue weighted by atomic mass is 16.3. The third-order valence-corrected chi connectivity index (χ3v) is 1.58. The van der Waals surface area contributed by atoms with Gasteiger partial charge in [0.1, 0.15) is 12.0 Å². The number of imidazole rings is 1. The molecule has 0 aliphatic rings. The number of nitrogens with zero attached hydrogens (tertiary/aromatic N) is 2. The largest absolute Gasteiger partial charge is 0.449 e. The average Bonchev–Trinajstić information content (AvgIpc) is 2.71. The summed E-state index contributed by atoms with van der Waals surface area (Å²) in [6, 6.07) is 0. The van der Waals surface area contributed by atoms with Crippen LogP contribution in [-0.2, 0) is 0 Å². The number of oxazole rings is 1. The van der Waals surface area contributed by atoms with Gasteiger partial charge >= 0.3 is 0 Å². The van der Waals surface area contributed by atoms with Gasteiger partial charge in [0.05, 0.1) is 11.9 Å². The molecule has 0 unspecified atom stereocenters. The van der Waals surface area contributed by atoms with Crippen LogP contribution >= 0.6 is 0 Å². The Morgan fingerprint density at radius 2 is 2.46 bits per heavy atom. The minimum atomic E-state index is 0.427. The number of aromatic amines is 1. The van der Waals surface area contributed by atoms with Crippen molar-refractivity contribution in [2.75, 3.05) is 0 Å². The van der Waals surface area contributed by atoms with Crippen LogP contribution in [0.3, 0.4) is 0 Å². The van der Waals surface area contributed by atoms with E-state index in [-0.39, 0.29) is 0 Å². The molecule has 5 heteroatoms. The van der Waals surface area contributed by atoms with Gasteiger partial charge in [0.15, 0.2) is 18.0 Å². The van der Waals surface area contributed by atoms with Gasteiger partial charge < -0.3 is 9.40 Å². The lowest BCUT2D eigenvalue weighted by molar-refractivity contribution is 0.111. The molecule has 0 bridgehead atoms. The predicted molar refractivity (Wildman–Crippen MR) is 44.2 cm³/mol. The molecule has 2 aromatic heterocycles. The normalized spacial score (nSPS) is 10.2. The van der Waals surface area contributed by atoms with Crippen LogP contribution in [0.5, 0.6) is 0 Å². The highest BCUT2D eigenvalue weighted by molar-refractivity contribution is 5.72. The van der Waals surface area contributed by atoms with Crippen LogP contribution in [-0.4, -0.2) is 21.2 Å². The van der Waals surface area contributed by atoms with Crippen molar-refractivity contribution in [2.24, 2.45) is 0 Å². The quantitative estimate of drug-likeness (QED) is 0.699. The van der Waals surface area contributed by atoms with Gasteiger partial charge in [-0.05, 0) is 0 Å². The second kappa shape index (κ2) is 2.85. The Bertz CT molecular complexity index is 430. The molecule has 2 aromatic rings. The van der Waals surface area contributed by atoms with Gasteiger partial charge in [-0.15, -0.1) is 0 Å². The monoisotopic (exact) mass is 177 g/mol. The summed E-state index contributed by atoms with van der Waals surface area (Å²) in [4.78, 5) is 21.1. The predicted octanol–water partition coefficient (Wildman–Crippen LogP) is 1.19. The SMILES string of the molecule is Cc1nc(-c2ncc(C=O)[nH]2)co1. The highest BCUT2D eigenvalue weighted by Gasteiger charge is 2.06. The van der Waals surface area contributed by atoms with Gasteiger partial charge in [-0.2, -0.15) is 0 Å². The zero-order valence-corrected chi connectivity index (χ0v) is 6.94. The fourth-order valence-electron chi connectivity index (χ4n) is 0.998. The number of carbonyl (C=O) groups excluding carboxylic acids is 1. The first kappa shape index (κ1) is 7.72. The Morgan fingerprint density at radius 3 is 3.00 bits per heavy atom. The smallest absolute Gasteiger partial charge is 0.191 e. The molecule has 0 aliphatic heterocycles. The molecule has 0 saturated carbocycles. The number of H-pyrrole nitrogens is 1. The van der Waals surface area contributed by atoms with Crippen LogP contribution in [0.25, 0.3) is 11.5 Å². The Hall–Kier alpha value is -1.91. The van der Waals surface area contributed by atoms with E-state index in [4.69, 9.17) is 4.42 Å². The van der Waals surface area contributed by atoms with Gasteiger partial charge in [-0.3, -0.25) is 4.79 Å². The number of hydrogen-bond donors (Lipinski definition) is 1. The zero-order chi connectivity index (χ0) is 9.26. The lowest BCUT2D eigenvalue weighted by Gasteiger charge is -1.84. The van der Waals surface area contributed by atoms with E-state index < -0.39 is 0 Å². The van der Waals surface area contributed by atoms with Gasteiger partial charge in [-0.25, -0.2) is 9.97 Å². The Morgan fingerprint density at radius 1 is 1.62 bits per heavy atom. The molecule has 66 valence electrons. The summed E-state index contributed by atoms with van der Waals surface area (Å²) in [7, 11) is 0. The number of rotatable bonds is 2. The van der Waals surface area contributed by atoms with Crippen molar-refractivity contribution in [2.45, 2.75) is 6.92 Å². The zero-order valence-electron chi connectivity index (χ0n) is 6.94. The first-order valence-corrected chi connectivity index (χ1v) is 3.72. The van der Waals surface area contributed by atoms with E-state index in [1.165, 1.54) is 12.5 Å². The summed E-state index contributed by atoms with van der Waals surface area (Å²) in [6.07, 6.45) is 3.64. The van der Waals surface area contributed by atoms with Crippen molar-refractivity contribution in [3.05, 3.63) is 24.0 Å². The van der Waals surface area contributed by atoms with E-state index in [0.29, 0.717) is 29.4 Å². The molecule has 1 N–H and O–H groups in total. The molecule has 0 radical (unpaired) electrons. The van der Waals surface area contributed by atoms with Gasteiger partial charge in [0.25, 0.3) is 0 Å². The Kier molecular flexibility index (Phi) is 1.70. The summed E-state index contributed by atoms with van der Waals surface area (Å²) in [6.45, 7) is 1.74. The third kappa shape index (κ3) is 1.35. The lowest BCUT2D eigenvalue weighted by atomic mass is 10.5. The summed E-state index contributed by atoms with van der Waals surface area (Å²) in [5.74, 6) is 1.11. The van der Waals surface area contributed by atoms with E-state index in [1.54, 1.807) is 6.92 Å². The van der Waals surface area contributed by atoms with Crippen molar-refractivity contribution < 1.29 is 9.21 Å². The molecule has 13 heavy (non-hydrogen) atoms. The fraction of sp³-hybridized carbons (Fsp3) is 0.125. The van der Waals surface area contributed by atoms with Gasteiger partial charge in [0, 0.05) is 6.92 Å². The summed E-state index contributed by atoms with van der Waals surface area (Å²) in [5.41, 5.74) is 1.03. The molecule has 5 nitrogen and oxygen atoms in total. The van der Waals surface area contributed by atoms with Crippen LogP contribution in [0, 0.1) is 6.92 Å². The van der Waals surface area contributed by atoms with E-state index in [1.807, 2.05) is 0 Å². The molecule has 0 aromatic carbocycles. The first-order valence-electron chi connectivity index (χ1n) is 3.72.